The minimum absolute atomic E-state index is 0.0296. The molecule has 30 heavy (non-hydrogen) atoms. The molecule has 0 bridgehead atoms. The number of carbonyl (C=O) groups excluding carboxylic acids is 1. The van der Waals surface area contributed by atoms with Crippen molar-refractivity contribution in [2.45, 2.75) is 32.9 Å². The largest absolute Gasteiger partial charge is 0.371 e. The van der Waals surface area contributed by atoms with Crippen LogP contribution >= 0.6 is 0 Å². The molecule has 1 amide bonds. The van der Waals surface area contributed by atoms with Crippen LogP contribution in [-0.2, 0) is 17.9 Å². The van der Waals surface area contributed by atoms with Crippen LogP contribution in [0.25, 0.3) is 5.52 Å². The minimum Gasteiger partial charge on any atom is -0.371 e. The number of aromatic nitrogens is 4. The Kier molecular flexibility index (Phi) is 3.94. The van der Waals surface area contributed by atoms with Gasteiger partial charge in [-0.25, -0.2) is 14.5 Å². The van der Waals surface area contributed by atoms with Crippen LogP contribution in [0.15, 0.2) is 30.6 Å². The predicted molar refractivity (Wildman–Crippen MR) is 113 cm³/mol. The van der Waals surface area contributed by atoms with Gasteiger partial charge in [-0.15, -0.1) is 0 Å². The minimum atomic E-state index is 0.0296. The van der Waals surface area contributed by atoms with Crippen molar-refractivity contribution in [3.05, 3.63) is 47.7 Å². The summed E-state index contributed by atoms with van der Waals surface area (Å²) in [7, 11) is 0. The molecule has 0 saturated carbocycles. The van der Waals surface area contributed by atoms with Gasteiger partial charge in [-0.3, -0.25) is 4.79 Å². The Bertz CT molecular complexity index is 1140. The van der Waals surface area contributed by atoms with Gasteiger partial charge >= 0.3 is 0 Å². The van der Waals surface area contributed by atoms with E-state index in [1.807, 2.05) is 28.6 Å². The standard InChI is InChI=1S/C22H25N7O/c1-15-24-20-14-28(13-19(20)21(25-15)26-7-2-8-26)22(30)16-4-9-27(12-16)17-5-10-29-18(11-17)3-6-23-29/h3,5-6,10-11,16H,2,4,7-9,12-14H2,1H3/t16-/m1/s1. The average molecular weight is 403 g/mol. The van der Waals surface area contributed by atoms with E-state index in [9.17, 15) is 4.79 Å². The maximum atomic E-state index is 13.3. The maximum Gasteiger partial charge on any atom is 0.228 e. The van der Waals surface area contributed by atoms with Gasteiger partial charge in [-0.1, -0.05) is 0 Å². The van der Waals surface area contributed by atoms with E-state index in [-0.39, 0.29) is 11.8 Å². The molecule has 8 heteroatoms. The van der Waals surface area contributed by atoms with Gasteiger partial charge in [-0.2, -0.15) is 5.10 Å². The number of nitrogens with zero attached hydrogens (tertiary/aromatic N) is 7. The summed E-state index contributed by atoms with van der Waals surface area (Å²) in [5.74, 6) is 2.11. The van der Waals surface area contributed by atoms with Gasteiger partial charge in [0.25, 0.3) is 0 Å². The van der Waals surface area contributed by atoms with Crippen LogP contribution in [-0.4, -0.2) is 56.6 Å². The molecule has 2 saturated heterocycles. The first-order chi connectivity index (χ1) is 14.7. The second-order valence-electron chi connectivity index (χ2n) is 8.57. The van der Waals surface area contributed by atoms with Crippen LogP contribution in [0.1, 0.15) is 29.9 Å². The van der Waals surface area contributed by atoms with Gasteiger partial charge in [0.2, 0.25) is 5.91 Å². The Hall–Kier alpha value is -3.16. The quantitative estimate of drug-likeness (QED) is 0.666. The molecule has 3 aromatic heterocycles. The lowest BCUT2D eigenvalue weighted by Gasteiger charge is -2.33. The summed E-state index contributed by atoms with van der Waals surface area (Å²) in [6.45, 7) is 6.96. The van der Waals surface area contributed by atoms with Crippen LogP contribution in [0.4, 0.5) is 11.5 Å². The number of rotatable bonds is 3. The molecule has 3 aromatic rings. The van der Waals surface area contributed by atoms with E-state index >= 15 is 0 Å². The molecular formula is C22H25N7O. The molecule has 0 aliphatic carbocycles. The Morgan fingerprint density at radius 1 is 1.10 bits per heavy atom. The highest BCUT2D eigenvalue weighted by Gasteiger charge is 2.36. The van der Waals surface area contributed by atoms with Crippen LogP contribution in [0.2, 0.25) is 0 Å². The van der Waals surface area contributed by atoms with Crippen molar-refractivity contribution in [1.82, 2.24) is 24.5 Å². The average Bonchev–Trinajstić information content (AvgIpc) is 3.43. The molecule has 2 fully saturated rings. The normalized spacial score (nSPS) is 20.7. The Morgan fingerprint density at radius 2 is 2.00 bits per heavy atom. The fourth-order valence-electron chi connectivity index (χ4n) is 4.86. The summed E-state index contributed by atoms with van der Waals surface area (Å²) < 4.78 is 1.86. The molecule has 0 spiro atoms. The molecule has 6 rings (SSSR count). The molecule has 3 aliphatic heterocycles. The van der Waals surface area contributed by atoms with Crippen molar-refractivity contribution < 1.29 is 4.79 Å². The lowest BCUT2D eigenvalue weighted by Crippen LogP contribution is -2.39. The van der Waals surface area contributed by atoms with Crippen molar-refractivity contribution in [1.29, 1.82) is 0 Å². The number of pyridine rings is 1. The van der Waals surface area contributed by atoms with Crippen molar-refractivity contribution in [3.8, 4) is 0 Å². The zero-order chi connectivity index (χ0) is 20.2. The van der Waals surface area contributed by atoms with Crippen LogP contribution in [0.3, 0.4) is 0 Å². The number of hydrogen-bond acceptors (Lipinski definition) is 6. The number of aryl methyl sites for hydroxylation is 1. The first kappa shape index (κ1) is 17.7. The number of fused-ring (bicyclic) bond motifs is 2. The lowest BCUT2D eigenvalue weighted by molar-refractivity contribution is -0.135. The molecule has 6 heterocycles. The van der Waals surface area contributed by atoms with Crippen molar-refractivity contribution in [2.24, 2.45) is 5.92 Å². The summed E-state index contributed by atoms with van der Waals surface area (Å²) in [5.41, 5.74) is 4.41. The number of hydrogen-bond donors (Lipinski definition) is 0. The topological polar surface area (TPSA) is 69.9 Å². The zero-order valence-corrected chi connectivity index (χ0v) is 17.2. The molecule has 8 nitrogen and oxygen atoms in total. The van der Waals surface area contributed by atoms with Gasteiger partial charge in [0.1, 0.15) is 11.6 Å². The van der Waals surface area contributed by atoms with Crippen LogP contribution in [0.5, 0.6) is 0 Å². The fourth-order valence-corrected chi connectivity index (χ4v) is 4.86. The van der Waals surface area contributed by atoms with E-state index < -0.39 is 0 Å². The second kappa shape index (κ2) is 6.68. The Morgan fingerprint density at radius 3 is 2.83 bits per heavy atom. The summed E-state index contributed by atoms with van der Waals surface area (Å²) in [6.07, 6.45) is 5.89. The highest BCUT2D eigenvalue weighted by atomic mass is 16.2. The smallest absolute Gasteiger partial charge is 0.228 e. The first-order valence-electron chi connectivity index (χ1n) is 10.7. The van der Waals surface area contributed by atoms with Gasteiger partial charge in [0, 0.05) is 49.8 Å². The number of amides is 1. The molecule has 0 unspecified atom stereocenters. The number of anilines is 2. The van der Waals surface area contributed by atoms with Crippen molar-refractivity contribution >= 4 is 22.9 Å². The molecule has 1 atom stereocenters. The summed E-state index contributed by atoms with van der Waals surface area (Å²) in [5, 5.41) is 4.26. The van der Waals surface area contributed by atoms with Crippen molar-refractivity contribution in [3.63, 3.8) is 0 Å². The third-order valence-corrected chi connectivity index (χ3v) is 6.63. The van der Waals surface area contributed by atoms with Gasteiger partial charge in [0.15, 0.2) is 0 Å². The highest BCUT2D eigenvalue weighted by molar-refractivity contribution is 5.81. The lowest BCUT2D eigenvalue weighted by atomic mass is 10.1. The van der Waals surface area contributed by atoms with Crippen LogP contribution in [0, 0.1) is 12.8 Å². The van der Waals surface area contributed by atoms with Gasteiger partial charge in [0.05, 0.1) is 30.2 Å². The third-order valence-electron chi connectivity index (χ3n) is 6.63. The Balaban J connectivity index is 1.18. The fraction of sp³-hybridized carbons (Fsp3) is 0.455. The van der Waals surface area contributed by atoms with Gasteiger partial charge < -0.3 is 14.7 Å². The van der Waals surface area contributed by atoms with Gasteiger partial charge in [-0.05, 0) is 38.0 Å². The molecule has 0 N–H and O–H groups in total. The molecule has 0 aromatic carbocycles. The van der Waals surface area contributed by atoms with E-state index in [0.29, 0.717) is 13.1 Å². The SMILES string of the molecule is Cc1nc2c(c(N3CCC3)n1)CN(C(=O)[C@@H]1CCN(c3ccn4nccc4c3)C1)C2. The highest BCUT2D eigenvalue weighted by Crippen LogP contribution is 2.34. The Labute approximate surface area is 175 Å². The molecule has 3 aliphatic rings. The maximum absolute atomic E-state index is 13.3. The number of carbonyl (C=O) groups is 1. The monoisotopic (exact) mass is 403 g/mol. The van der Waals surface area contributed by atoms with E-state index in [1.165, 1.54) is 6.42 Å². The van der Waals surface area contributed by atoms with Crippen LogP contribution < -0.4 is 9.80 Å². The van der Waals surface area contributed by atoms with E-state index in [4.69, 9.17) is 4.98 Å². The van der Waals surface area contributed by atoms with Crippen molar-refractivity contribution in [2.75, 3.05) is 36.0 Å². The third kappa shape index (κ3) is 2.81. The molecule has 154 valence electrons. The predicted octanol–water partition coefficient (Wildman–Crippen LogP) is 2.01. The summed E-state index contributed by atoms with van der Waals surface area (Å²) >= 11 is 0. The first-order valence-corrected chi connectivity index (χ1v) is 10.7. The summed E-state index contributed by atoms with van der Waals surface area (Å²) in [4.78, 5) is 29.3. The molecular weight excluding hydrogens is 378 g/mol. The van der Waals surface area contributed by atoms with E-state index in [0.717, 1.165) is 66.7 Å². The van der Waals surface area contributed by atoms with E-state index in [1.54, 1.807) is 6.20 Å². The zero-order valence-electron chi connectivity index (χ0n) is 17.2. The van der Waals surface area contributed by atoms with E-state index in [2.05, 4.69) is 32.0 Å². The second-order valence-corrected chi connectivity index (χ2v) is 8.57. The summed E-state index contributed by atoms with van der Waals surface area (Å²) in [6, 6.07) is 6.22. The molecule has 0 radical (unpaired) electrons.